The number of hydrogen-bond acceptors (Lipinski definition) is 5. The number of anilines is 1. The van der Waals surface area contributed by atoms with Crippen molar-refractivity contribution < 1.29 is 14.3 Å². The van der Waals surface area contributed by atoms with E-state index in [1.165, 1.54) is 0 Å². The highest BCUT2D eigenvalue weighted by molar-refractivity contribution is 5.95. The van der Waals surface area contributed by atoms with Crippen LogP contribution in [0.15, 0.2) is 54.9 Å². The molecule has 7 nitrogen and oxygen atoms in total. The van der Waals surface area contributed by atoms with Crippen molar-refractivity contribution in [1.82, 2.24) is 15.1 Å². The van der Waals surface area contributed by atoms with Gasteiger partial charge >= 0.3 is 0 Å². The SMILES string of the molecule is CN(C)CCCc1cc(-c2cn[nH]c2)ccc1NC(=O)C1COc2ccccc2O1. The van der Waals surface area contributed by atoms with Crippen LogP contribution in [-0.4, -0.2) is 54.4 Å². The maximum Gasteiger partial charge on any atom is 0.269 e. The fourth-order valence-electron chi connectivity index (χ4n) is 3.46. The number of amides is 1. The number of aromatic nitrogens is 2. The van der Waals surface area contributed by atoms with E-state index in [0.717, 1.165) is 41.8 Å². The van der Waals surface area contributed by atoms with Crippen LogP contribution in [0.1, 0.15) is 12.0 Å². The average Bonchev–Trinajstić information content (AvgIpc) is 3.29. The highest BCUT2D eigenvalue weighted by Gasteiger charge is 2.27. The second kappa shape index (κ2) is 9.00. The predicted molar refractivity (Wildman–Crippen MR) is 116 cm³/mol. The molecule has 0 bridgehead atoms. The van der Waals surface area contributed by atoms with E-state index in [1.54, 1.807) is 12.3 Å². The molecule has 0 aliphatic carbocycles. The van der Waals surface area contributed by atoms with Crippen LogP contribution < -0.4 is 14.8 Å². The Labute approximate surface area is 176 Å². The van der Waals surface area contributed by atoms with Crippen molar-refractivity contribution in [2.75, 3.05) is 32.6 Å². The number of carbonyl (C=O) groups is 1. The summed E-state index contributed by atoms with van der Waals surface area (Å²) in [6.07, 6.45) is 4.80. The second-order valence-corrected chi connectivity index (χ2v) is 7.62. The molecule has 0 spiro atoms. The first-order chi connectivity index (χ1) is 14.6. The van der Waals surface area contributed by atoms with Gasteiger partial charge in [-0.3, -0.25) is 9.89 Å². The number of hydrogen-bond donors (Lipinski definition) is 2. The Hall–Kier alpha value is -3.32. The van der Waals surface area contributed by atoms with Crippen LogP contribution >= 0.6 is 0 Å². The van der Waals surface area contributed by atoms with E-state index in [0.29, 0.717) is 11.5 Å². The lowest BCUT2D eigenvalue weighted by Crippen LogP contribution is -2.40. The van der Waals surface area contributed by atoms with Crippen LogP contribution in [0, 0.1) is 0 Å². The molecule has 1 amide bonds. The molecule has 0 saturated carbocycles. The molecule has 2 heterocycles. The van der Waals surface area contributed by atoms with E-state index in [9.17, 15) is 4.79 Å². The zero-order chi connectivity index (χ0) is 20.9. The molecule has 1 aliphatic rings. The van der Waals surface area contributed by atoms with Crippen molar-refractivity contribution in [2.24, 2.45) is 0 Å². The number of carbonyl (C=O) groups excluding carboxylic acids is 1. The first kappa shape index (κ1) is 20.0. The van der Waals surface area contributed by atoms with Gasteiger partial charge in [0.25, 0.3) is 5.91 Å². The van der Waals surface area contributed by atoms with Crippen LogP contribution in [0.4, 0.5) is 5.69 Å². The minimum atomic E-state index is -0.692. The fraction of sp³-hybridized carbons (Fsp3) is 0.304. The van der Waals surface area contributed by atoms with E-state index in [2.05, 4.69) is 40.6 Å². The normalized spacial score (nSPS) is 15.2. The Morgan fingerprint density at radius 2 is 2.03 bits per heavy atom. The third-order valence-electron chi connectivity index (χ3n) is 5.05. The summed E-state index contributed by atoms with van der Waals surface area (Å²) in [5.74, 6) is 1.04. The first-order valence-electron chi connectivity index (χ1n) is 10.1. The summed E-state index contributed by atoms with van der Waals surface area (Å²) in [6, 6.07) is 13.4. The molecular weight excluding hydrogens is 380 g/mol. The molecule has 7 heteroatoms. The van der Waals surface area contributed by atoms with Crippen molar-refractivity contribution in [3.05, 3.63) is 60.4 Å². The molecule has 4 rings (SSSR count). The summed E-state index contributed by atoms with van der Waals surface area (Å²) in [4.78, 5) is 15.0. The van der Waals surface area contributed by atoms with Crippen molar-refractivity contribution in [3.8, 4) is 22.6 Å². The number of nitrogens with one attached hydrogen (secondary N) is 2. The lowest BCUT2D eigenvalue weighted by atomic mass is 10.0. The third-order valence-corrected chi connectivity index (χ3v) is 5.05. The van der Waals surface area contributed by atoms with Gasteiger partial charge in [0.15, 0.2) is 11.5 Å². The van der Waals surface area contributed by atoms with Gasteiger partial charge in [0.05, 0.1) is 6.20 Å². The van der Waals surface area contributed by atoms with Crippen molar-refractivity contribution in [1.29, 1.82) is 0 Å². The Bertz CT molecular complexity index is 1000. The number of aryl methyl sites for hydroxylation is 1. The molecule has 0 saturated heterocycles. The zero-order valence-corrected chi connectivity index (χ0v) is 17.2. The lowest BCUT2D eigenvalue weighted by molar-refractivity contribution is -0.125. The van der Waals surface area contributed by atoms with Crippen molar-refractivity contribution in [3.63, 3.8) is 0 Å². The van der Waals surface area contributed by atoms with Crippen LogP contribution in [0.2, 0.25) is 0 Å². The Morgan fingerprint density at radius 1 is 1.20 bits per heavy atom. The number of rotatable bonds is 7. The van der Waals surface area contributed by atoms with Crippen LogP contribution in [0.25, 0.3) is 11.1 Å². The summed E-state index contributed by atoms with van der Waals surface area (Å²) in [5, 5.41) is 9.92. The molecule has 2 N–H and O–H groups in total. The summed E-state index contributed by atoms with van der Waals surface area (Å²) < 4.78 is 11.5. The smallest absolute Gasteiger partial charge is 0.269 e. The summed E-state index contributed by atoms with van der Waals surface area (Å²) >= 11 is 0. The topological polar surface area (TPSA) is 79.5 Å². The van der Waals surface area contributed by atoms with Gasteiger partial charge in [-0.05, 0) is 68.9 Å². The van der Waals surface area contributed by atoms with Gasteiger partial charge < -0.3 is 19.7 Å². The Balaban J connectivity index is 1.51. The molecule has 2 aromatic carbocycles. The molecule has 1 aliphatic heterocycles. The maximum absolute atomic E-state index is 12.9. The first-order valence-corrected chi connectivity index (χ1v) is 10.1. The number of nitrogens with zero attached hydrogens (tertiary/aromatic N) is 2. The average molecular weight is 406 g/mol. The lowest BCUT2D eigenvalue weighted by Gasteiger charge is -2.26. The van der Waals surface area contributed by atoms with Crippen LogP contribution in [0.5, 0.6) is 11.5 Å². The largest absolute Gasteiger partial charge is 0.485 e. The number of ether oxygens (including phenoxy) is 2. The van der Waals surface area contributed by atoms with Crippen LogP contribution in [-0.2, 0) is 11.2 Å². The Morgan fingerprint density at radius 3 is 2.80 bits per heavy atom. The summed E-state index contributed by atoms with van der Waals surface area (Å²) in [6.45, 7) is 1.16. The second-order valence-electron chi connectivity index (χ2n) is 7.62. The van der Waals surface area contributed by atoms with Gasteiger partial charge in [-0.2, -0.15) is 5.10 Å². The van der Waals surface area contributed by atoms with E-state index < -0.39 is 6.10 Å². The molecule has 1 unspecified atom stereocenters. The molecule has 1 atom stereocenters. The molecule has 1 aromatic heterocycles. The van der Waals surface area contributed by atoms with E-state index in [4.69, 9.17) is 9.47 Å². The van der Waals surface area contributed by atoms with E-state index in [-0.39, 0.29) is 12.5 Å². The Kier molecular flexibility index (Phi) is 5.99. The van der Waals surface area contributed by atoms with E-state index in [1.807, 2.05) is 36.5 Å². The molecule has 0 fully saturated rings. The number of H-pyrrole nitrogens is 1. The van der Waals surface area contributed by atoms with Gasteiger partial charge in [-0.15, -0.1) is 0 Å². The molecule has 0 radical (unpaired) electrons. The number of aromatic amines is 1. The zero-order valence-electron chi connectivity index (χ0n) is 17.2. The van der Waals surface area contributed by atoms with Crippen molar-refractivity contribution in [2.45, 2.75) is 18.9 Å². The molecular formula is C23H26N4O3. The standard InChI is InChI=1S/C23H26N4O3/c1-27(2)11-5-6-17-12-16(18-13-24-25-14-18)9-10-19(17)26-23(28)22-15-29-20-7-3-4-8-21(20)30-22/h3-4,7-10,12-14,22H,5-6,11,15H2,1-2H3,(H,24,25)(H,26,28). The quantitative estimate of drug-likeness (QED) is 0.629. The molecule has 30 heavy (non-hydrogen) atoms. The number of benzene rings is 2. The highest BCUT2D eigenvalue weighted by atomic mass is 16.6. The summed E-state index contributed by atoms with van der Waals surface area (Å²) in [5.41, 5.74) is 3.96. The third kappa shape index (κ3) is 4.63. The van der Waals surface area contributed by atoms with Gasteiger partial charge in [0, 0.05) is 17.4 Å². The fourth-order valence-corrected chi connectivity index (χ4v) is 3.46. The highest BCUT2D eigenvalue weighted by Crippen LogP contribution is 2.31. The minimum Gasteiger partial charge on any atom is -0.485 e. The number of para-hydroxylation sites is 2. The monoisotopic (exact) mass is 406 g/mol. The van der Waals surface area contributed by atoms with Crippen molar-refractivity contribution >= 4 is 11.6 Å². The van der Waals surface area contributed by atoms with Crippen LogP contribution in [0.3, 0.4) is 0 Å². The van der Waals surface area contributed by atoms with Gasteiger partial charge in [-0.1, -0.05) is 18.2 Å². The molecule has 3 aromatic rings. The van der Waals surface area contributed by atoms with Gasteiger partial charge in [0.2, 0.25) is 6.10 Å². The minimum absolute atomic E-state index is 0.186. The van der Waals surface area contributed by atoms with Gasteiger partial charge in [-0.25, -0.2) is 0 Å². The number of fused-ring (bicyclic) bond motifs is 1. The van der Waals surface area contributed by atoms with E-state index >= 15 is 0 Å². The molecule has 156 valence electrons. The van der Waals surface area contributed by atoms with Gasteiger partial charge in [0.1, 0.15) is 6.61 Å². The predicted octanol–water partition coefficient (Wildman–Crippen LogP) is 3.35. The maximum atomic E-state index is 12.9. The summed E-state index contributed by atoms with van der Waals surface area (Å²) in [7, 11) is 4.12.